The lowest BCUT2D eigenvalue weighted by atomic mass is 10.0. The first-order chi connectivity index (χ1) is 21.4. The first kappa shape index (κ1) is 28.4. The molecule has 4 aromatic carbocycles. The van der Waals surface area contributed by atoms with Crippen molar-refractivity contribution in [1.29, 1.82) is 5.26 Å². The number of carbonyl (C=O) groups is 3. The predicted molar refractivity (Wildman–Crippen MR) is 158 cm³/mol. The van der Waals surface area contributed by atoms with E-state index < -0.39 is 23.9 Å². The van der Waals surface area contributed by atoms with E-state index in [-0.39, 0.29) is 43.6 Å². The highest BCUT2D eigenvalue weighted by Crippen LogP contribution is 2.27. The normalized spacial score (nSPS) is 18.1. The number of fused-ring (bicyclic) bond motifs is 7. The fourth-order valence-corrected chi connectivity index (χ4v) is 5.25. The minimum absolute atomic E-state index is 0.108. The Morgan fingerprint density at radius 1 is 0.909 bits per heavy atom. The number of rotatable bonds is 1. The first-order valence-electron chi connectivity index (χ1n) is 14.0. The Morgan fingerprint density at radius 2 is 1.70 bits per heavy atom. The maximum Gasteiger partial charge on any atom is 0.258 e. The summed E-state index contributed by atoms with van der Waals surface area (Å²) in [5.74, 6) is -1.04. The van der Waals surface area contributed by atoms with Crippen LogP contribution in [0, 0.1) is 17.1 Å². The number of nitriles is 1. The largest absolute Gasteiger partial charge is 0.486 e. The van der Waals surface area contributed by atoms with Crippen LogP contribution in [0.5, 0.6) is 11.5 Å². The Balaban J connectivity index is 1.33. The zero-order chi connectivity index (χ0) is 30.6. The van der Waals surface area contributed by atoms with Gasteiger partial charge in [0.2, 0.25) is 0 Å². The van der Waals surface area contributed by atoms with Crippen LogP contribution in [0.3, 0.4) is 0 Å². The summed E-state index contributed by atoms with van der Waals surface area (Å²) in [5, 5.41) is 15.0. The molecule has 2 atom stereocenters. The molecule has 0 aromatic heterocycles. The molecule has 7 rings (SSSR count). The molecule has 2 N–H and O–H groups in total. The third-order valence-electron chi connectivity index (χ3n) is 7.56. The average molecular weight is 591 g/mol. The van der Waals surface area contributed by atoms with Gasteiger partial charge in [0, 0.05) is 18.7 Å². The molecule has 0 saturated carbocycles. The molecule has 4 aromatic rings. The van der Waals surface area contributed by atoms with Gasteiger partial charge in [0.15, 0.2) is 6.61 Å². The number of likely N-dealkylation sites (tertiary alicyclic amines) is 1. The van der Waals surface area contributed by atoms with E-state index in [2.05, 4.69) is 10.6 Å². The van der Waals surface area contributed by atoms with Crippen molar-refractivity contribution in [3.8, 4) is 28.7 Å². The molecule has 0 unspecified atom stereocenters. The van der Waals surface area contributed by atoms with Crippen LogP contribution in [0.15, 0.2) is 91.0 Å². The van der Waals surface area contributed by atoms with Crippen LogP contribution in [-0.4, -0.2) is 54.5 Å². The van der Waals surface area contributed by atoms with Gasteiger partial charge < -0.3 is 25.0 Å². The lowest BCUT2D eigenvalue weighted by Gasteiger charge is -2.21. The van der Waals surface area contributed by atoms with Crippen molar-refractivity contribution in [1.82, 2.24) is 15.5 Å². The maximum atomic E-state index is 15.0. The minimum atomic E-state index is -0.704. The summed E-state index contributed by atoms with van der Waals surface area (Å²) in [5.41, 5.74) is 2.60. The number of nitrogens with one attached hydrogen (secondary N) is 2. The number of halogens is 1. The van der Waals surface area contributed by atoms with E-state index in [0.29, 0.717) is 33.8 Å². The van der Waals surface area contributed by atoms with E-state index in [1.54, 1.807) is 77.7 Å². The zero-order valence-electron chi connectivity index (χ0n) is 23.5. The van der Waals surface area contributed by atoms with Crippen LogP contribution in [-0.2, 0) is 11.3 Å². The molecular weight excluding hydrogens is 563 g/mol. The van der Waals surface area contributed by atoms with Gasteiger partial charge in [0.05, 0.1) is 29.8 Å². The van der Waals surface area contributed by atoms with Gasteiger partial charge in [0.25, 0.3) is 17.7 Å². The number of benzene rings is 4. The summed E-state index contributed by atoms with van der Waals surface area (Å²) in [6, 6.07) is 26.0. The van der Waals surface area contributed by atoms with Crippen LogP contribution in [0.2, 0.25) is 0 Å². The predicted octanol–water partition coefficient (Wildman–Crippen LogP) is 4.07. The van der Waals surface area contributed by atoms with Crippen molar-refractivity contribution >= 4 is 17.7 Å². The molecular formula is C34H27FN4O5. The lowest BCUT2D eigenvalue weighted by Crippen LogP contribution is -2.45. The molecule has 3 amide bonds. The van der Waals surface area contributed by atoms with Gasteiger partial charge in [-0.05, 0) is 71.3 Å². The standard InChI is InChI=1S/C34H27FN4O5/c35-29-12-9-24-15-28(29)33(41)38-30-18-39(34(42)25-5-1-3-22(13-25)16-36)19-31(30)44-26-10-7-21(8-11-26)17-37-32(40)20-43-27-6-2-4-23(24)14-27/h1-15,30-31H,17-20H2,(H,37,40)(H,38,41)/t30-,31-/m0/s1. The molecule has 1 fully saturated rings. The lowest BCUT2D eigenvalue weighted by molar-refractivity contribution is -0.123. The van der Waals surface area contributed by atoms with Crippen LogP contribution < -0.4 is 20.1 Å². The summed E-state index contributed by atoms with van der Waals surface area (Å²) in [7, 11) is 0. The van der Waals surface area contributed by atoms with E-state index in [4.69, 9.17) is 9.47 Å². The molecule has 1 saturated heterocycles. The summed E-state index contributed by atoms with van der Waals surface area (Å²) in [4.78, 5) is 40.9. The minimum Gasteiger partial charge on any atom is -0.486 e. The van der Waals surface area contributed by atoms with Crippen molar-refractivity contribution in [3.63, 3.8) is 0 Å². The molecule has 0 radical (unpaired) electrons. The van der Waals surface area contributed by atoms with Crippen LogP contribution >= 0.6 is 0 Å². The topological polar surface area (TPSA) is 121 Å². The Morgan fingerprint density at radius 3 is 2.52 bits per heavy atom. The number of nitrogens with zero attached hydrogens (tertiary/aromatic N) is 2. The van der Waals surface area contributed by atoms with Gasteiger partial charge in [-0.2, -0.15) is 5.26 Å². The molecule has 220 valence electrons. The third-order valence-corrected chi connectivity index (χ3v) is 7.56. The first-order valence-corrected chi connectivity index (χ1v) is 14.0. The Labute approximate surface area is 252 Å². The molecule has 6 bridgehead atoms. The second-order valence-corrected chi connectivity index (χ2v) is 10.6. The third kappa shape index (κ3) is 6.22. The number of amides is 3. The number of carbonyl (C=O) groups excluding carboxylic acids is 3. The second-order valence-electron chi connectivity index (χ2n) is 10.6. The van der Waals surface area contributed by atoms with Crippen LogP contribution in [0.4, 0.5) is 4.39 Å². The SMILES string of the molecule is N#Cc1cccc(C(=O)N2C[C@@H]3NC(=O)c4cc(ccc4F)-c4cccc(c4)OCC(=O)NCc4ccc(cc4)O[C@H]3C2)c1. The summed E-state index contributed by atoms with van der Waals surface area (Å²) in [6.07, 6.45) is -0.654. The second kappa shape index (κ2) is 12.3. The summed E-state index contributed by atoms with van der Waals surface area (Å²) in [6.45, 7) is 0.346. The van der Waals surface area contributed by atoms with Crippen molar-refractivity contribution < 1.29 is 28.2 Å². The Hall–Kier alpha value is -5.69. The van der Waals surface area contributed by atoms with Gasteiger partial charge >= 0.3 is 0 Å². The molecule has 3 aliphatic heterocycles. The number of ether oxygens (including phenoxy) is 2. The summed E-state index contributed by atoms with van der Waals surface area (Å²) >= 11 is 0. The van der Waals surface area contributed by atoms with Gasteiger partial charge in [-0.1, -0.05) is 36.4 Å². The van der Waals surface area contributed by atoms with Crippen molar-refractivity contribution in [2.75, 3.05) is 19.7 Å². The molecule has 10 heteroatoms. The maximum absolute atomic E-state index is 15.0. The highest BCUT2D eigenvalue weighted by Gasteiger charge is 2.38. The van der Waals surface area contributed by atoms with E-state index in [1.807, 2.05) is 6.07 Å². The highest BCUT2D eigenvalue weighted by atomic mass is 19.1. The fourth-order valence-electron chi connectivity index (χ4n) is 5.25. The van der Waals surface area contributed by atoms with E-state index in [1.165, 1.54) is 18.2 Å². The van der Waals surface area contributed by atoms with E-state index in [9.17, 15) is 19.6 Å². The monoisotopic (exact) mass is 590 g/mol. The molecule has 0 spiro atoms. The van der Waals surface area contributed by atoms with E-state index >= 15 is 4.39 Å². The fraction of sp³-hybridized carbons (Fsp3) is 0.176. The highest BCUT2D eigenvalue weighted by molar-refractivity contribution is 5.97. The Kier molecular flexibility index (Phi) is 7.93. The van der Waals surface area contributed by atoms with Gasteiger partial charge in [-0.15, -0.1) is 0 Å². The smallest absolute Gasteiger partial charge is 0.258 e. The zero-order valence-corrected chi connectivity index (χ0v) is 23.5. The van der Waals surface area contributed by atoms with Gasteiger partial charge in [-0.3, -0.25) is 14.4 Å². The molecule has 3 aliphatic rings. The summed E-state index contributed by atoms with van der Waals surface area (Å²) < 4.78 is 27.0. The van der Waals surface area contributed by atoms with Crippen LogP contribution in [0.1, 0.15) is 31.8 Å². The van der Waals surface area contributed by atoms with Crippen molar-refractivity contribution in [3.05, 3.63) is 119 Å². The van der Waals surface area contributed by atoms with Gasteiger partial charge in [-0.25, -0.2) is 4.39 Å². The molecule has 44 heavy (non-hydrogen) atoms. The van der Waals surface area contributed by atoms with Crippen molar-refractivity contribution in [2.24, 2.45) is 0 Å². The van der Waals surface area contributed by atoms with Crippen molar-refractivity contribution in [2.45, 2.75) is 18.7 Å². The molecule has 3 heterocycles. The Bertz CT molecular complexity index is 1790. The van der Waals surface area contributed by atoms with Crippen LogP contribution in [0.25, 0.3) is 11.1 Å². The average Bonchev–Trinajstić information content (AvgIpc) is 3.44. The van der Waals surface area contributed by atoms with E-state index in [0.717, 1.165) is 5.56 Å². The quantitative estimate of drug-likeness (QED) is 0.345. The molecule has 9 nitrogen and oxygen atoms in total. The number of hydrogen-bond acceptors (Lipinski definition) is 6. The van der Waals surface area contributed by atoms with Gasteiger partial charge in [0.1, 0.15) is 23.4 Å². The molecule has 0 aliphatic carbocycles. The number of hydrogen-bond donors (Lipinski definition) is 2.